The molecule has 1 saturated heterocycles. The van der Waals surface area contributed by atoms with Crippen LogP contribution >= 0.6 is 48.8 Å². The molecule has 0 aromatic heterocycles. The molecular formula is C42H52Cl4N6O10. The summed E-state index contributed by atoms with van der Waals surface area (Å²) in [5.41, 5.74) is 1.86. The third kappa shape index (κ3) is 13.1. The number of anilines is 2. The van der Waals surface area contributed by atoms with E-state index in [1.54, 1.807) is 36.4 Å². The van der Waals surface area contributed by atoms with E-state index in [2.05, 4.69) is 32.2 Å². The number of halogens is 4. The number of ketones is 2. The Kier molecular flexibility index (Phi) is 21.1. The SMILES string of the molecule is Cl.Cl.Cl.O=C(COc1ccc(Cl)cc1)N1CCN(Cc2ccc3c(c2)OCO3)CC1.O=C1c2c(O)ccc(O)c2C(=O)c2c(NCCNCCO)ccc(NCCNCCO)c21. The van der Waals surface area contributed by atoms with E-state index in [-0.39, 0.29) is 103 Å². The molecule has 8 N–H and O–H groups in total. The highest BCUT2D eigenvalue weighted by atomic mass is 35.5. The molecule has 0 atom stereocenters. The largest absolute Gasteiger partial charge is 0.507 e. The predicted molar refractivity (Wildman–Crippen MR) is 243 cm³/mol. The molecule has 16 nitrogen and oxygen atoms in total. The van der Waals surface area contributed by atoms with Crippen LogP contribution in [0, 0.1) is 0 Å². The van der Waals surface area contributed by atoms with Gasteiger partial charge in [0.15, 0.2) is 18.1 Å². The lowest BCUT2D eigenvalue weighted by molar-refractivity contribution is -0.135. The summed E-state index contributed by atoms with van der Waals surface area (Å²) in [6, 6.07) is 18.8. The monoisotopic (exact) mass is 940 g/mol. The number of ether oxygens (including phenoxy) is 3. The summed E-state index contributed by atoms with van der Waals surface area (Å²) in [5, 5.41) is 51.2. The number of phenolic OH excluding ortho intramolecular Hbond substituents is 2. The first-order valence-electron chi connectivity index (χ1n) is 19.4. The van der Waals surface area contributed by atoms with E-state index in [4.69, 9.17) is 36.0 Å². The topological polar surface area (TPSA) is 214 Å². The van der Waals surface area contributed by atoms with Gasteiger partial charge in [-0.2, -0.15) is 0 Å². The fraction of sp³-hybridized carbons (Fsp3) is 0.357. The lowest BCUT2D eigenvalue weighted by atomic mass is 9.81. The first-order valence-corrected chi connectivity index (χ1v) is 19.8. The molecule has 62 heavy (non-hydrogen) atoms. The minimum absolute atomic E-state index is 0. The van der Waals surface area contributed by atoms with Crippen molar-refractivity contribution in [2.75, 3.05) is 103 Å². The van der Waals surface area contributed by atoms with Gasteiger partial charge in [0.1, 0.15) is 17.2 Å². The zero-order chi connectivity index (χ0) is 41.7. The smallest absolute Gasteiger partial charge is 0.260 e. The second-order valence-corrected chi connectivity index (χ2v) is 14.2. The summed E-state index contributed by atoms with van der Waals surface area (Å²) in [6.45, 7) is 7.05. The Balaban J connectivity index is 0.000000318. The summed E-state index contributed by atoms with van der Waals surface area (Å²) in [7, 11) is 0. The van der Waals surface area contributed by atoms with Gasteiger partial charge in [-0.1, -0.05) is 17.7 Å². The van der Waals surface area contributed by atoms with Crippen LogP contribution < -0.4 is 35.5 Å². The maximum absolute atomic E-state index is 13.4. The number of aliphatic hydroxyl groups excluding tert-OH is 2. The molecule has 20 heteroatoms. The van der Waals surface area contributed by atoms with Crippen molar-refractivity contribution in [3.05, 3.63) is 99.6 Å². The molecule has 7 rings (SSSR count). The van der Waals surface area contributed by atoms with Crippen LogP contribution in [0.2, 0.25) is 5.02 Å². The number of carbonyl (C=O) groups excluding carboxylic acids is 3. The van der Waals surface area contributed by atoms with Gasteiger partial charge in [-0.05, 0) is 66.2 Å². The van der Waals surface area contributed by atoms with E-state index < -0.39 is 11.6 Å². The van der Waals surface area contributed by atoms with E-state index in [0.29, 0.717) is 74.5 Å². The molecule has 1 aliphatic carbocycles. The van der Waals surface area contributed by atoms with E-state index in [1.165, 1.54) is 17.7 Å². The van der Waals surface area contributed by atoms with Crippen LogP contribution in [-0.2, 0) is 11.3 Å². The van der Waals surface area contributed by atoms with Crippen LogP contribution in [-0.4, -0.2) is 140 Å². The lowest BCUT2D eigenvalue weighted by Crippen LogP contribution is -2.49. The Bertz CT molecular complexity index is 2030. The highest BCUT2D eigenvalue weighted by Crippen LogP contribution is 2.42. The second-order valence-electron chi connectivity index (χ2n) is 13.8. The average molecular weight is 943 g/mol. The lowest BCUT2D eigenvalue weighted by Gasteiger charge is -2.34. The predicted octanol–water partition coefficient (Wildman–Crippen LogP) is 3.92. The van der Waals surface area contributed by atoms with Gasteiger partial charge in [0.05, 0.1) is 35.5 Å². The number of piperazine rings is 1. The van der Waals surface area contributed by atoms with Crippen molar-refractivity contribution in [2.45, 2.75) is 6.54 Å². The van der Waals surface area contributed by atoms with Gasteiger partial charge in [-0.25, -0.2) is 0 Å². The molecule has 4 aromatic rings. The van der Waals surface area contributed by atoms with Gasteiger partial charge in [0.25, 0.3) is 5.91 Å². The van der Waals surface area contributed by atoms with Gasteiger partial charge in [0.2, 0.25) is 18.4 Å². The number of aromatic hydroxyl groups is 2. The molecular weight excluding hydrogens is 890 g/mol. The number of nitrogens with zero attached hydrogens (tertiary/aromatic N) is 2. The maximum Gasteiger partial charge on any atom is 0.260 e. The number of hydrogen-bond acceptors (Lipinski definition) is 15. The number of nitrogens with one attached hydrogen (secondary N) is 4. The highest BCUT2D eigenvalue weighted by Gasteiger charge is 2.38. The Morgan fingerprint density at radius 3 is 1.73 bits per heavy atom. The number of carbonyl (C=O) groups is 3. The molecule has 0 radical (unpaired) electrons. The van der Waals surface area contributed by atoms with E-state index in [0.717, 1.165) is 31.1 Å². The zero-order valence-corrected chi connectivity index (χ0v) is 36.9. The molecule has 0 bridgehead atoms. The van der Waals surface area contributed by atoms with Crippen LogP contribution in [0.1, 0.15) is 37.4 Å². The number of aliphatic hydroxyl groups is 2. The van der Waals surface area contributed by atoms with Crippen LogP contribution in [0.5, 0.6) is 28.7 Å². The number of hydrogen-bond donors (Lipinski definition) is 8. The first-order chi connectivity index (χ1) is 28.7. The van der Waals surface area contributed by atoms with Crippen molar-refractivity contribution in [1.29, 1.82) is 0 Å². The van der Waals surface area contributed by atoms with Crippen molar-refractivity contribution in [1.82, 2.24) is 20.4 Å². The number of benzene rings is 4. The van der Waals surface area contributed by atoms with E-state index in [9.17, 15) is 24.6 Å². The van der Waals surface area contributed by atoms with Crippen molar-refractivity contribution in [2.24, 2.45) is 0 Å². The van der Waals surface area contributed by atoms with Crippen molar-refractivity contribution in [3.63, 3.8) is 0 Å². The number of phenols is 2. The second kappa shape index (κ2) is 25.4. The summed E-state index contributed by atoms with van der Waals surface area (Å²) >= 11 is 5.85. The summed E-state index contributed by atoms with van der Waals surface area (Å²) in [5.74, 6) is 0.400. The van der Waals surface area contributed by atoms with Gasteiger partial charge in [-0.15, -0.1) is 37.2 Å². The molecule has 2 heterocycles. The Morgan fingerprint density at radius 1 is 0.661 bits per heavy atom. The molecule has 3 aliphatic rings. The fourth-order valence-corrected chi connectivity index (χ4v) is 6.98. The van der Waals surface area contributed by atoms with E-state index >= 15 is 0 Å². The Hall–Kier alpha value is -4.75. The molecule has 2 aliphatic heterocycles. The van der Waals surface area contributed by atoms with Crippen LogP contribution in [0.25, 0.3) is 0 Å². The molecule has 0 unspecified atom stereocenters. The molecule has 4 aromatic carbocycles. The number of fused-ring (bicyclic) bond motifs is 3. The van der Waals surface area contributed by atoms with Gasteiger partial charge >= 0.3 is 0 Å². The van der Waals surface area contributed by atoms with Gasteiger partial charge < -0.3 is 60.8 Å². The zero-order valence-electron chi connectivity index (χ0n) is 33.7. The van der Waals surface area contributed by atoms with Crippen molar-refractivity contribution < 1.29 is 49.0 Å². The minimum atomic E-state index is -0.559. The van der Waals surface area contributed by atoms with Crippen molar-refractivity contribution >= 4 is 77.7 Å². The molecule has 1 fully saturated rings. The fourth-order valence-electron chi connectivity index (χ4n) is 6.86. The number of rotatable bonds is 17. The third-order valence-electron chi connectivity index (χ3n) is 9.83. The Morgan fingerprint density at radius 2 is 1.19 bits per heavy atom. The summed E-state index contributed by atoms with van der Waals surface area (Å²) < 4.78 is 16.3. The molecule has 0 spiro atoms. The van der Waals surface area contributed by atoms with Crippen LogP contribution in [0.3, 0.4) is 0 Å². The van der Waals surface area contributed by atoms with E-state index in [1.807, 2.05) is 17.0 Å². The summed E-state index contributed by atoms with van der Waals surface area (Å²) in [4.78, 5) is 43.3. The van der Waals surface area contributed by atoms with Crippen LogP contribution in [0.4, 0.5) is 11.4 Å². The normalized spacial score (nSPS) is 13.6. The standard InChI is InChI=1S/C22H28N4O6.C20H21ClN2O4.3ClH/c27-11-9-23-5-7-25-13-1-2-14(26-8-6-24-10-12-28)18-17(13)21(31)19-15(29)3-4-16(30)20(19)22(18)32;21-16-2-4-17(5-3-16)25-13-20(24)23-9-7-22(8-10-23)12-15-1-6-18-19(11-15)27-14-26-18;;;/h1-4,23-30H,5-12H2;1-6,11H,7-10,12-14H2;3*1H. The van der Waals surface area contributed by atoms with Crippen molar-refractivity contribution in [3.8, 4) is 28.7 Å². The van der Waals surface area contributed by atoms with Gasteiger partial charge in [-0.3, -0.25) is 19.3 Å². The van der Waals surface area contributed by atoms with Gasteiger partial charge in [0, 0.05) is 88.4 Å². The average Bonchev–Trinajstić information content (AvgIpc) is 3.72. The first kappa shape index (κ1) is 51.6. The molecule has 1 amide bonds. The Labute approximate surface area is 383 Å². The third-order valence-corrected chi connectivity index (χ3v) is 10.1. The maximum atomic E-state index is 13.4. The molecule has 338 valence electrons. The number of amides is 1. The quantitative estimate of drug-likeness (QED) is 0.0491. The minimum Gasteiger partial charge on any atom is -0.507 e. The highest BCUT2D eigenvalue weighted by molar-refractivity contribution is 6.33. The summed E-state index contributed by atoms with van der Waals surface area (Å²) in [6.07, 6.45) is 0. The van der Waals surface area contributed by atoms with Crippen LogP contribution in [0.15, 0.2) is 66.7 Å². The molecule has 0 saturated carbocycles.